The number of ether oxygens (including phenoxy) is 2. The molecule has 0 spiro atoms. The predicted octanol–water partition coefficient (Wildman–Crippen LogP) is 3.53. The van der Waals surface area contributed by atoms with Gasteiger partial charge < -0.3 is 14.5 Å². The number of methoxy groups -OCH3 is 1. The van der Waals surface area contributed by atoms with E-state index in [1.54, 1.807) is 12.1 Å². The van der Waals surface area contributed by atoms with E-state index in [-0.39, 0.29) is 5.97 Å². The Morgan fingerprint density at radius 3 is 2.67 bits per heavy atom. The first-order valence-corrected chi connectivity index (χ1v) is 6.63. The van der Waals surface area contributed by atoms with E-state index in [4.69, 9.17) is 4.74 Å². The highest BCUT2D eigenvalue weighted by atomic mass is 16.5. The molecule has 0 saturated heterocycles. The Hall–Kier alpha value is -2.75. The summed E-state index contributed by atoms with van der Waals surface area (Å²) in [5.74, 6) is 0.486. The number of aromatic amines is 1. The summed E-state index contributed by atoms with van der Waals surface area (Å²) in [5.41, 5.74) is 2.62. The molecule has 0 amide bonds. The molecular weight excluding hydrogens is 266 g/mol. The average Bonchev–Trinajstić information content (AvgIpc) is 3.00. The van der Waals surface area contributed by atoms with Crippen LogP contribution < -0.4 is 4.74 Å². The highest BCUT2D eigenvalue weighted by Gasteiger charge is 2.05. The zero-order valence-electron chi connectivity index (χ0n) is 11.6. The van der Waals surface area contributed by atoms with Crippen LogP contribution in [0, 0.1) is 0 Å². The van der Waals surface area contributed by atoms with Gasteiger partial charge in [-0.2, -0.15) is 0 Å². The van der Waals surface area contributed by atoms with Crippen LogP contribution in [0.1, 0.15) is 15.9 Å². The molecule has 0 aliphatic heterocycles. The number of carbonyl (C=O) groups is 1. The number of benzene rings is 2. The van der Waals surface area contributed by atoms with Crippen LogP contribution in [-0.2, 0) is 11.3 Å². The van der Waals surface area contributed by atoms with E-state index < -0.39 is 0 Å². The number of nitrogens with one attached hydrogen (secondary N) is 1. The van der Waals surface area contributed by atoms with E-state index in [0.717, 1.165) is 22.2 Å². The Morgan fingerprint density at radius 2 is 1.90 bits per heavy atom. The van der Waals surface area contributed by atoms with Gasteiger partial charge >= 0.3 is 5.97 Å². The number of hydrogen-bond donors (Lipinski definition) is 1. The van der Waals surface area contributed by atoms with Crippen molar-refractivity contribution in [2.45, 2.75) is 6.61 Å². The first kappa shape index (κ1) is 13.2. The van der Waals surface area contributed by atoms with E-state index in [0.29, 0.717) is 12.2 Å². The van der Waals surface area contributed by atoms with Crippen molar-refractivity contribution in [3.05, 3.63) is 65.9 Å². The van der Waals surface area contributed by atoms with Crippen LogP contribution in [0.2, 0.25) is 0 Å². The maximum Gasteiger partial charge on any atom is 0.337 e. The van der Waals surface area contributed by atoms with Gasteiger partial charge in [-0.05, 0) is 42.0 Å². The van der Waals surface area contributed by atoms with E-state index in [9.17, 15) is 4.79 Å². The Kier molecular flexibility index (Phi) is 3.60. The van der Waals surface area contributed by atoms with Crippen LogP contribution in [0.25, 0.3) is 10.9 Å². The molecule has 0 atom stereocenters. The zero-order chi connectivity index (χ0) is 14.7. The molecule has 4 heteroatoms. The molecular formula is C17H15NO3. The second-order valence-electron chi connectivity index (χ2n) is 4.70. The summed E-state index contributed by atoms with van der Waals surface area (Å²) >= 11 is 0. The lowest BCUT2D eigenvalue weighted by molar-refractivity contribution is 0.0600. The number of carbonyl (C=O) groups excluding carboxylic acids is 1. The molecule has 1 heterocycles. The summed E-state index contributed by atoms with van der Waals surface area (Å²) in [5, 5.41) is 1.12. The van der Waals surface area contributed by atoms with Crippen LogP contribution in [0.4, 0.5) is 0 Å². The quantitative estimate of drug-likeness (QED) is 0.744. The minimum atomic E-state index is -0.333. The standard InChI is InChI=1S/C17H15NO3/c1-20-17(19)13-4-2-12(3-5-13)11-21-15-6-7-16-14(10-15)8-9-18-16/h2-10,18H,11H2,1H3. The van der Waals surface area contributed by atoms with Gasteiger partial charge in [0.25, 0.3) is 0 Å². The highest BCUT2D eigenvalue weighted by Crippen LogP contribution is 2.20. The summed E-state index contributed by atoms with van der Waals surface area (Å²) in [6, 6.07) is 15.1. The number of esters is 1. The van der Waals surface area contributed by atoms with Crippen LogP contribution in [0.3, 0.4) is 0 Å². The SMILES string of the molecule is COC(=O)c1ccc(COc2ccc3[nH]ccc3c2)cc1. The largest absolute Gasteiger partial charge is 0.489 e. The third kappa shape index (κ3) is 2.89. The molecule has 0 unspecified atom stereocenters. The molecule has 106 valence electrons. The van der Waals surface area contributed by atoms with Crippen molar-refractivity contribution in [1.82, 2.24) is 4.98 Å². The highest BCUT2D eigenvalue weighted by molar-refractivity contribution is 5.89. The molecule has 21 heavy (non-hydrogen) atoms. The van der Waals surface area contributed by atoms with Gasteiger partial charge in [-0.1, -0.05) is 12.1 Å². The number of aromatic nitrogens is 1. The molecule has 0 fully saturated rings. The monoisotopic (exact) mass is 281 g/mol. The summed E-state index contributed by atoms with van der Waals surface area (Å²) in [6.07, 6.45) is 1.90. The van der Waals surface area contributed by atoms with Crippen molar-refractivity contribution in [1.29, 1.82) is 0 Å². The van der Waals surface area contributed by atoms with Gasteiger partial charge in [0.15, 0.2) is 0 Å². The third-order valence-corrected chi connectivity index (χ3v) is 3.31. The van der Waals surface area contributed by atoms with E-state index >= 15 is 0 Å². The Labute approximate surface area is 122 Å². The second-order valence-corrected chi connectivity index (χ2v) is 4.70. The molecule has 2 aromatic carbocycles. The smallest absolute Gasteiger partial charge is 0.337 e. The van der Waals surface area contributed by atoms with Gasteiger partial charge in [-0.25, -0.2) is 4.79 Å². The lowest BCUT2D eigenvalue weighted by atomic mass is 10.1. The minimum Gasteiger partial charge on any atom is -0.489 e. The lowest BCUT2D eigenvalue weighted by Crippen LogP contribution is -2.01. The maximum atomic E-state index is 11.3. The number of hydrogen-bond acceptors (Lipinski definition) is 3. The van der Waals surface area contributed by atoms with Gasteiger partial charge in [0.2, 0.25) is 0 Å². The first-order chi connectivity index (χ1) is 10.3. The van der Waals surface area contributed by atoms with Crippen molar-refractivity contribution < 1.29 is 14.3 Å². The molecule has 3 aromatic rings. The topological polar surface area (TPSA) is 51.3 Å². The molecule has 0 aliphatic carbocycles. The van der Waals surface area contributed by atoms with Crippen LogP contribution in [0.15, 0.2) is 54.7 Å². The molecule has 1 aromatic heterocycles. The average molecular weight is 281 g/mol. The van der Waals surface area contributed by atoms with Crippen molar-refractivity contribution in [2.24, 2.45) is 0 Å². The summed E-state index contributed by atoms with van der Waals surface area (Å²) < 4.78 is 10.4. The van der Waals surface area contributed by atoms with E-state index in [1.165, 1.54) is 7.11 Å². The molecule has 1 N–H and O–H groups in total. The molecule has 0 radical (unpaired) electrons. The van der Waals surface area contributed by atoms with Crippen molar-refractivity contribution in [3.63, 3.8) is 0 Å². The molecule has 3 rings (SSSR count). The molecule has 0 bridgehead atoms. The van der Waals surface area contributed by atoms with Gasteiger partial charge in [0, 0.05) is 17.1 Å². The molecule has 4 nitrogen and oxygen atoms in total. The van der Waals surface area contributed by atoms with Gasteiger partial charge in [-0.3, -0.25) is 0 Å². The number of rotatable bonds is 4. The van der Waals surface area contributed by atoms with Crippen LogP contribution in [-0.4, -0.2) is 18.1 Å². The van der Waals surface area contributed by atoms with Gasteiger partial charge in [0.1, 0.15) is 12.4 Å². The molecule has 0 aliphatic rings. The van der Waals surface area contributed by atoms with Gasteiger partial charge in [0.05, 0.1) is 12.7 Å². The fourth-order valence-corrected chi connectivity index (χ4v) is 2.14. The van der Waals surface area contributed by atoms with Crippen molar-refractivity contribution in [3.8, 4) is 5.75 Å². The number of H-pyrrole nitrogens is 1. The minimum absolute atomic E-state index is 0.333. The number of fused-ring (bicyclic) bond motifs is 1. The Bertz CT molecular complexity index is 759. The zero-order valence-corrected chi connectivity index (χ0v) is 11.6. The van der Waals surface area contributed by atoms with Crippen LogP contribution in [0.5, 0.6) is 5.75 Å². The van der Waals surface area contributed by atoms with Crippen LogP contribution >= 0.6 is 0 Å². The molecule has 0 saturated carbocycles. The van der Waals surface area contributed by atoms with E-state index in [2.05, 4.69) is 9.72 Å². The lowest BCUT2D eigenvalue weighted by Gasteiger charge is -2.07. The van der Waals surface area contributed by atoms with E-state index in [1.807, 2.05) is 42.6 Å². The fourth-order valence-electron chi connectivity index (χ4n) is 2.14. The summed E-state index contributed by atoms with van der Waals surface area (Å²) in [4.78, 5) is 14.5. The first-order valence-electron chi connectivity index (χ1n) is 6.63. The summed E-state index contributed by atoms with van der Waals surface area (Å²) in [6.45, 7) is 0.456. The Balaban J connectivity index is 1.67. The fraction of sp³-hybridized carbons (Fsp3) is 0.118. The van der Waals surface area contributed by atoms with Gasteiger partial charge in [-0.15, -0.1) is 0 Å². The predicted molar refractivity (Wildman–Crippen MR) is 80.4 cm³/mol. The van der Waals surface area contributed by atoms with Crippen molar-refractivity contribution in [2.75, 3.05) is 7.11 Å². The van der Waals surface area contributed by atoms with Crippen molar-refractivity contribution >= 4 is 16.9 Å². The maximum absolute atomic E-state index is 11.3. The Morgan fingerprint density at radius 1 is 1.10 bits per heavy atom. The summed E-state index contributed by atoms with van der Waals surface area (Å²) in [7, 11) is 1.37. The second kappa shape index (κ2) is 5.71. The third-order valence-electron chi connectivity index (χ3n) is 3.31. The normalized spacial score (nSPS) is 10.5.